The highest BCUT2D eigenvalue weighted by atomic mass is 16.5. The number of para-hydroxylation sites is 1. The third kappa shape index (κ3) is 3.68. The van der Waals surface area contributed by atoms with E-state index in [2.05, 4.69) is 29.3 Å². The number of hydrogen-bond acceptors (Lipinski definition) is 5. The zero-order chi connectivity index (χ0) is 19.5. The average molecular weight is 375 g/mol. The Kier molecular flexibility index (Phi) is 4.95. The molecule has 28 heavy (non-hydrogen) atoms. The molecule has 0 radical (unpaired) electrons. The summed E-state index contributed by atoms with van der Waals surface area (Å²) in [6.07, 6.45) is 1.61. The smallest absolute Gasteiger partial charge is 0.219 e. The highest BCUT2D eigenvalue weighted by Crippen LogP contribution is 2.32. The maximum atomic E-state index is 9.31. The molecular formula is C22H21N3O3. The van der Waals surface area contributed by atoms with Gasteiger partial charge in [-0.15, -0.1) is 0 Å². The predicted molar refractivity (Wildman–Crippen MR) is 109 cm³/mol. The normalized spacial score (nSPS) is 12.1. The molecule has 0 atom stereocenters. The van der Waals surface area contributed by atoms with E-state index in [1.165, 1.54) is 0 Å². The van der Waals surface area contributed by atoms with E-state index in [9.17, 15) is 5.21 Å². The van der Waals surface area contributed by atoms with Gasteiger partial charge in [0.25, 0.3) is 0 Å². The molecule has 0 bridgehead atoms. The van der Waals surface area contributed by atoms with Crippen LogP contribution in [0, 0.1) is 5.92 Å². The van der Waals surface area contributed by atoms with Crippen molar-refractivity contribution in [3.05, 3.63) is 66.4 Å². The number of ether oxygens (including phenoxy) is 1. The number of nitrogens with one attached hydrogen (secondary N) is 1. The molecule has 0 saturated carbocycles. The molecule has 0 spiro atoms. The van der Waals surface area contributed by atoms with E-state index >= 15 is 0 Å². The molecule has 0 unspecified atom stereocenters. The summed E-state index contributed by atoms with van der Waals surface area (Å²) in [5.74, 6) is 1.91. The molecule has 0 fully saturated rings. The number of fused-ring (bicyclic) bond motifs is 3. The van der Waals surface area contributed by atoms with Gasteiger partial charge >= 0.3 is 0 Å². The van der Waals surface area contributed by atoms with Crippen LogP contribution in [-0.4, -0.2) is 22.6 Å². The molecule has 4 rings (SSSR count). The molecule has 0 aliphatic heterocycles. The van der Waals surface area contributed by atoms with Crippen LogP contribution in [0.25, 0.3) is 21.9 Å². The Labute approximate surface area is 162 Å². The van der Waals surface area contributed by atoms with E-state index in [4.69, 9.17) is 9.15 Å². The van der Waals surface area contributed by atoms with Gasteiger partial charge in [-0.25, -0.2) is 4.98 Å². The van der Waals surface area contributed by atoms with E-state index in [0.29, 0.717) is 35.5 Å². The summed E-state index contributed by atoms with van der Waals surface area (Å²) in [4.78, 5) is 8.67. The molecule has 6 nitrogen and oxygen atoms in total. The lowest BCUT2D eigenvalue weighted by Gasteiger charge is -2.08. The highest BCUT2D eigenvalue weighted by Gasteiger charge is 2.09. The Hall–Kier alpha value is -3.38. The molecule has 0 saturated heterocycles. The zero-order valence-electron chi connectivity index (χ0n) is 15.7. The third-order valence-corrected chi connectivity index (χ3v) is 4.30. The second-order valence-corrected chi connectivity index (χ2v) is 6.94. The first-order valence-corrected chi connectivity index (χ1v) is 9.14. The molecule has 142 valence electrons. The number of rotatable bonds is 5. The van der Waals surface area contributed by atoms with Crippen LogP contribution in [0.4, 0.5) is 0 Å². The van der Waals surface area contributed by atoms with Crippen molar-refractivity contribution in [1.29, 1.82) is 0 Å². The molecule has 2 aromatic carbocycles. The summed E-state index contributed by atoms with van der Waals surface area (Å²) in [5, 5.41) is 11.4. The Balaban J connectivity index is 1.57. The Morgan fingerprint density at radius 3 is 2.68 bits per heavy atom. The minimum atomic E-state index is 0.388. The van der Waals surface area contributed by atoms with Gasteiger partial charge in [0.1, 0.15) is 16.9 Å². The molecular weight excluding hydrogens is 354 g/mol. The van der Waals surface area contributed by atoms with Gasteiger partial charge in [-0.3, -0.25) is 15.7 Å². The maximum Gasteiger partial charge on any atom is 0.219 e. The molecule has 4 aromatic rings. The summed E-state index contributed by atoms with van der Waals surface area (Å²) >= 11 is 0. The van der Waals surface area contributed by atoms with Crippen LogP contribution in [0.2, 0.25) is 0 Å². The molecule has 0 amide bonds. The van der Waals surface area contributed by atoms with Crippen LogP contribution in [-0.2, 0) is 0 Å². The van der Waals surface area contributed by atoms with Gasteiger partial charge < -0.3 is 9.15 Å². The van der Waals surface area contributed by atoms with Crippen LogP contribution in [0.15, 0.2) is 70.2 Å². The lowest BCUT2D eigenvalue weighted by atomic mass is 10.1. The molecule has 2 heterocycles. The molecule has 2 N–H and O–H groups in total. The summed E-state index contributed by atoms with van der Waals surface area (Å²) in [7, 11) is 0. The van der Waals surface area contributed by atoms with Crippen LogP contribution in [0.5, 0.6) is 11.6 Å². The van der Waals surface area contributed by atoms with Crippen LogP contribution in [0.3, 0.4) is 0 Å². The van der Waals surface area contributed by atoms with Crippen molar-refractivity contribution < 1.29 is 14.4 Å². The first-order chi connectivity index (χ1) is 13.6. The number of hydrogen-bond donors (Lipinski definition) is 2. The number of aromatic nitrogens is 1. The van der Waals surface area contributed by atoms with E-state index in [1.54, 1.807) is 18.3 Å². The van der Waals surface area contributed by atoms with E-state index in [1.807, 2.05) is 42.5 Å². The van der Waals surface area contributed by atoms with Gasteiger partial charge in [-0.05, 0) is 36.2 Å². The first kappa shape index (κ1) is 18.0. The van der Waals surface area contributed by atoms with Crippen LogP contribution in [0.1, 0.15) is 19.4 Å². The van der Waals surface area contributed by atoms with Crippen molar-refractivity contribution in [1.82, 2.24) is 10.5 Å². The van der Waals surface area contributed by atoms with E-state index in [0.717, 1.165) is 21.9 Å². The Morgan fingerprint density at radius 2 is 1.93 bits per heavy atom. The predicted octanol–water partition coefficient (Wildman–Crippen LogP) is 5.15. The van der Waals surface area contributed by atoms with Gasteiger partial charge in [0.05, 0.1) is 0 Å². The van der Waals surface area contributed by atoms with Crippen molar-refractivity contribution in [2.24, 2.45) is 10.9 Å². The summed E-state index contributed by atoms with van der Waals surface area (Å²) in [5.41, 5.74) is 4.49. The fourth-order valence-corrected chi connectivity index (χ4v) is 2.94. The monoisotopic (exact) mass is 375 g/mol. The van der Waals surface area contributed by atoms with Crippen molar-refractivity contribution in [3.63, 3.8) is 0 Å². The van der Waals surface area contributed by atoms with E-state index < -0.39 is 0 Å². The summed E-state index contributed by atoms with van der Waals surface area (Å²) < 4.78 is 11.7. The SMILES string of the molecule is CC(C)CN=C(NO)c1ccc(Oc2ccc3oc4ccccc4c3c2)nc1. The minimum absolute atomic E-state index is 0.388. The lowest BCUT2D eigenvalue weighted by Crippen LogP contribution is -2.21. The van der Waals surface area contributed by atoms with Crippen molar-refractivity contribution in [2.45, 2.75) is 13.8 Å². The van der Waals surface area contributed by atoms with E-state index in [-0.39, 0.29) is 0 Å². The second-order valence-electron chi connectivity index (χ2n) is 6.94. The number of aliphatic imine (C=N–C) groups is 1. The third-order valence-electron chi connectivity index (χ3n) is 4.30. The Morgan fingerprint density at radius 1 is 1.11 bits per heavy atom. The molecule has 0 aliphatic carbocycles. The number of amidine groups is 1. The standard InChI is InChI=1S/C22H21N3O3/c1-14(2)12-24-22(25-26)15-7-10-21(23-13-15)27-16-8-9-20-18(11-16)17-5-3-4-6-19(17)28-20/h3-11,13-14,26H,12H2,1-2H3,(H,24,25). The zero-order valence-corrected chi connectivity index (χ0v) is 15.7. The number of pyridine rings is 1. The largest absolute Gasteiger partial charge is 0.456 e. The lowest BCUT2D eigenvalue weighted by molar-refractivity contribution is 0.234. The topological polar surface area (TPSA) is 79.9 Å². The van der Waals surface area contributed by atoms with Crippen molar-refractivity contribution in [3.8, 4) is 11.6 Å². The fraction of sp³-hybridized carbons (Fsp3) is 0.182. The van der Waals surface area contributed by atoms with Crippen LogP contribution < -0.4 is 10.2 Å². The quantitative estimate of drug-likeness (QED) is 0.286. The molecule has 6 heteroatoms. The van der Waals surface area contributed by atoms with Gasteiger partial charge in [0.15, 0.2) is 5.84 Å². The maximum absolute atomic E-state index is 9.31. The Bertz CT molecular complexity index is 1130. The average Bonchev–Trinajstić information content (AvgIpc) is 3.07. The number of nitrogens with zero attached hydrogens (tertiary/aromatic N) is 2. The van der Waals surface area contributed by atoms with Crippen molar-refractivity contribution in [2.75, 3.05) is 6.54 Å². The van der Waals surface area contributed by atoms with Gasteiger partial charge in [-0.1, -0.05) is 32.0 Å². The number of benzene rings is 2. The summed E-state index contributed by atoms with van der Waals surface area (Å²) in [6, 6.07) is 17.2. The second kappa shape index (κ2) is 7.70. The van der Waals surface area contributed by atoms with Gasteiger partial charge in [0, 0.05) is 35.1 Å². The molecule has 0 aliphatic rings. The van der Waals surface area contributed by atoms with Crippen LogP contribution >= 0.6 is 0 Å². The highest BCUT2D eigenvalue weighted by molar-refractivity contribution is 6.05. The number of hydroxylamine groups is 1. The number of furan rings is 1. The minimum Gasteiger partial charge on any atom is -0.456 e. The van der Waals surface area contributed by atoms with Gasteiger partial charge in [-0.2, -0.15) is 0 Å². The first-order valence-electron chi connectivity index (χ1n) is 9.14. The van der Waals surface area contributed by atoms with Gasteiger partial charge in [0.2, 0.25) is 5.88 Å². The summed E-state index contributed by atoms with van der Waals surface area (Å²) in [6.45, 7) is 4.74. The molecule has 2 aromatic heterocycles. The fourth-order valence-electron chi connectivity index (χ4n) is 2.94. The van der Waals surface area contributed by atoms with Crippen molar-refractivity contribution >= 4 is 27.8 Å².